The summed E-state index contributed by atoms with van der Waals surface area (Å²) in [4.78, 5) is 11.9. The normalized spacial score (nSPS) is 16.1. The first kappa shape index (κ1) is 23.4. The summed E-state index contributed by atoms with van der Waals surface area (Å²) >= 11 is 0. The maximum absolute atomic E-state index is 11.2. The van der Waals surface area contributed by atoms with E-state index in [0.717, 1.165) is 31.5 Å². The molecule has 0 radical (unpaired) electrons. The molecule has 150 valence electrons. The largest absolute Gasteiger partial charge is 0.481 e. The number of benzene rings is 2. The van der Waals surface area contributed by atoms with Crippen LogP contribution in [0, 0.1) is 0 Å². The summed E-state index contributed by atoms with van der Waals surface area (Å²) in [7, 11) is 0. The molecule has 0 bridgehead atoms. The molecule has 3 rings (SSSR count). The smallest absolute Gasteiger partial charge is 0.303 e. The highest BCUT2D eigenvalue weighted by Crippen LogP contribution is 2.36. The molecule has 0 saturated carbocycles. The van der Waals surface area contributed by atoms with Crippen LogP contribution in [-0.4, -0.2) is 40.7 Å². The summed E-state index contributed by atoms with van der Waals surface area (Å²) in [5.41, 5.74) is 0.444. The van der Waals surface area contributed by atoms with Gasteiger partial charge in [-0.25, -0.2) is 0 Å². The van der Waals surface area contributed by atoms with Crippen molar-refractivity contribution in [2.24, 2.45) is 0 Å². The second kappa shape index (κ2) is 11.3. The quantitative estimate of drug-likeness (QED) is 0.764. The van der Waals surface area contributed by atoms with E-state index in [-0.39, 0.29) is 18.8 Å². The molecule has 0 aliphatic carbocycles. The Kier molecular flexibility index (Phi) is 9.78. The molecular weight excluding hydrogens is 362 g/mol. The van der Waals surface area contributed by atoms with Crippen molar-refractivity contribution in [2.45, 2.75) is 51.6 Å². The van der Waals surface area contributed by atoms with Gasteiger partial charge in [-0.15, -0.1) is 12.4 Å². The molecule has 0 unspecified atom stereocenters. The van der Waals surface area contributed by atoms with Gasteiger partial charge >= 0.3 is 5.97 Å². The van der Waals surface area contributed by atoms with Crippen molar-refractivity contribution in [1.29, 1.82) is 0 Å². The number of halogens is 1. The van der Waals surface area contributed by atoms with Crippen molar-refractivity contribution < 1.29 is 15.0 Å². The van der Waals surface area contributed by atoms with Crippen LogP contribution in [0.5, 0.6) is 0 Å². The highest BCUT2D eigenvalue weighted by Gasteiger charge is 2.34. The van der Waals surface area contributed by atoms with Crippen molar-refractivity contribution in [2.75, 3.05) is 19.6 Å². The number of carbonyl (C=O) groups is 1. The molecule has 1 aliphatic rings. The molecule has 1 saturated heterocycles. The SMILES string of the molecule is CCC(=O)O.CCCCN1CCC(O)(c2cccc3ccccc23)CC1.Cl. The van der Waals surface area contributed by atoms with E-state index < -0.39 is 11.6 Å². The van der Waals surface area contributed by atoms with Crippen LogP contribution in [-0.2, 0) is 10.4 Å². The molecule has 2 aromatic rings. The summed E-state index contributed by atoms with van der Waals surface area (Å²) < 4.78 is 0. The number of likely N-dealkylation sites (tertiary alicyclic amines) is 1. The van der Waals surface area contributed by atoms with E-state index in [4.69, 9.17) is 5.11 Å². The summed E-state index contributed by atoms with van der Waals surface area (Å²) in [6.45, 7) is 7.00. The van der Waals surface area contributed by atoms with Gasteiger partial charge in [0.05, 0.1) is 5.60 Å². The molecule has 1 fully saturated rings. The number of hydrogen-bond acceptors (Lipinski definition) is 3. The Morgan fingerprint density at radius 2 is 1.67 bits per heavy atom. The number of piperidine rings is 1. The lowest BCUT2D eigenvalue weighted by Crippen LogP contribution is -2.42. The first-order chi connectivity index (χ1) is 12.5. The second-order valence-electron chi connectivity index (χ2n) is 7.00. The predicted molar refractivity (Wildman–Crippen MR) is 114 cm³/mol. The lowest BCUT2D eigenvalue weighted by Gasteiger charge is -2.39. The van der Waals surface area contributed by atoms with Crippen molar-refractivity contribution >= 4 is 29.1 Å². The minimum atomic E-state index is -0.745. The van der Waals surface area contributed by atoms with Gasteiger partial charge in [0, 0.05) is 19.5 Å². The zero-order chi connectivity index (χ0) is 19.0. The fourth-order valence-electron chi connectivity index (χ4n) is 3.43. The van der Waals surface area contributed by atoms with Gasteiger partial charge in [0.15, 0.2) is 0 Å². The number of carboxylic acid groups (broad SMARTS) is 1. The maximum Gasteiger partial charge on any atom is 0.303 e. The van der Waals surface area contributed by atoms with Gasteiger partial charge in [-0.2, -0.15) is 0 Å². The molecule has 0 aromatic heterocycles. The number of aliphatic carboxylic acids is 1. The summed E-state index contributed by atoms with van der Waals surface area (Å²) in [6.07, 6.45) is 4.40. The third kappa shape index (κ3) is 6.49. The fraction of sp³-hybridized carbons (Fsp3) is 0.500. The summed E-state index contributed by atoms with van der Waals surface area (Å²) in [5.74, 6) is -0.745. The Labute approximate surface area is 168 Å². The Morgan fingerprint density at radius 1 is 1.07 bits per heavy atom. The molecule has 0 amide bonds. The Morgan fingerprint density at radius 3 is 2.26 bits per heavy atom. The van der Waals surface area contributed by atoms with Gasteiger partial charge < -0.3 is 15.1 Å². The molecule has 2 aromatic carbocycles. The Balaban J connectivity index is 0.000000542. The van der Waals surface area contributed by atoms with Crippen LogP contribution in [0.15, 0.2) is 42.5 Å². The molecule has 4 nitrogen and oxygen atoms in total. The Bertz CT molecular complexity index is 706. The third-order valence-corrected chi connectivity index (χ3v) is 5.10. The average molecular weight is 394 g/mol. The topological polar surface area (TPSA) is 60.8 Å². The number of hydrogen-bond donors (Lipinski definition) is 2. The van der Waals surface area contributed by atoms with E-state index >= 15 is 0 Å². The number of nitrogens with zero attached hydrogens (tertiary/aromatic N) is 1. The number of unbranched alkanes of at least 4 members (excludes halogenated alkanes) is 1. The molecule has 0 spiro atoms. The van der Waals surface area contributed by atoms with Gasteiger partial charge in [0.1, 0.15) is 0 Å². The van der Waals surface area contributed by atoms with Gasteiger partial charge in [-0.1, -0.05) is 62.7 Å². The van der Waals surface area contributed by atoms with Gasteiger partial charge in [0.25, 0.3) is 0 Å². The minimum absolute atomic E-state index is 0. The first-order valence-electron chi connectivity index (χ1n) is 9.65. The lowest BCUT2D eigenvalue weighted by atomic mass is 9.82. The van der Waals surface area contributed by atoms with Gasteiger partial charge in [-0.3, -0.25) is 4.79 Å². The molecule has 2 N–H and O–H groups in total. The molecule has 0 atom stereocenters. The molecule has 5 heteroatoms. The van der Waals surface area contributed by atoms with Crippen LogP contribution in [0.3, 0.4) is 0 Å². The van der Waals surface area contributed by atoms with Gasteiger partial charge in [-0.05, 0) is 42.1 Å². The van der Waals surface area contributed by atoms with Crippen LogP contribution in [0.25, 0.3) is 10.8 Å². The third-order valence-electron chi connectivity index (χ3n) is 5.10. The standard InChI is InChI=1S/C19H25NO.C3H6O2.ClH/c1-2-3-13-20-14-11-19(21,12-15-20)18-10-6-8-16-7-4-5-9-17(16)18;1-2-3(4)5;/h4-10,21H,2-3,11-15H2,1H3;2H2,1H3,(H,4,5);1H. The van der Waals surface area contributed by atoms with Crippen LogP contribution >= 0.6 is 12.4 Å². The van der Waals surface area contributed by atoms with E-state index in [2.05, 4.69) is 54.3 Å². The molecular formula is C22H32ClNO3. The molecule has 1 heterocycles. The van der Waals surface area contributed by atoms with Crippen LogP contribution in [0.2, 0.25) is 0 Å². The first-order valence-corrected chi connectivity index (χ1v) is 9.65. The van der Waals surface area contributed by atoms with E-state index in [1.165, 1.54) is 30.2 Å². The molecule has 27 heavy (non-hydrogen) atoms. The zero-order valence-electron chi connectivity index (χ0n) is 16.4. The van der Waals surface area contributed by atoms with E-state index in [1.54, 1.807) is 6.92 Å². The van der Waals surface area contributed by atoms with Gasteiger partial charge in [0.2, 0.25) is 0 Å². The van der Waals surface area contributed by atoms with Crippen molar-refractivity contribution in [1.82, 2.24) is 4.90 Å². The Hall–Kier alpha value is -1.62. The monoisotopic (exact) mass is 393 g/mol. The molecule has 1 aliphatic heterocycles. The summed E-state index contributed by atoms with van der Waals surface area (Å²) in [6, 6.07) is 14.7. The summed E-state index contributed by atoms with van der Waals surface area (Å²) in [5, 5.41) is 21.3. The number of rotatable bonds is 5. The van der Waals surface area contributed by atoms with Crippen molar-refractivity contribution in [3.63, 3.8) is 0 Å². The maximum atomic E-state index is 11.2. The number of aliphatic hydroxyl groups is 1. The second-order valence-corrected chi connectivity index (χ2v) is 7.00. The highest BCUT2D eigenvalue weighted by molar-refractivity contribution is 5.86. The van der Waals surface area contributed by atoms with Crippen molar-refractivity contribution in [3.05, 3.63) is 48.0 Å². The van der Waals surface area contributed by atoms with Crippen LogP contribution in [0.1, 0.15) is 51.5 Å². The van der Waals surface area contributed by atoms with Crippen LogP contribution < -0.4 is 0 Å². The van der Waals surface area contributed by atoms with E-state index in [9.17, 15) is 9.90 Å². The predicted octanol–water partition coefficient (Wildman–Crippen LogP) is 4.83. The van der Waals surface area contributed by atoms with Crippen LogP contribution in [0.4, 0.5) is 0 Å². The van der Waals surface area contributed by atoms with E-state index in [0.29, 0.717) is 0 Å². The van der Waals surface area contributed by atoms with Crippen molar-refractivity contribution in [3.8, 4) is 0 Å². The fourth-order valence-corrected chi connectivity index (χ4v) is 3.43. The highest BCUT2D eigenvalue weighted by atomic mass is 35.5. The number of fused-ring (bicyclic) bond motifs is 1. The lowest BCUT2D eigenvalue weighted by molar-refractivity contribution is -0.136. The zero-order valence-corrected chi connectivity index (χ0v) is 17.2. The minimum Gasteiger partial charge on any atom is -0.481 e. The average Bonchev–Trinajstić information content (AvgIpc) is 2.67. The van der Waals surface area contributed by atoms with E-state index in [1.807, 2.05) is 0 Å². The number of carboxylic acids is 1.